The van der Waals surface area contributed by atoms with Crippen LogP contribution in [-0.4, -0.2) is 39.6 Å². The maximum absolute atomic E-state index is 5.62. The van der Waals surface area contributed by atoms with E-state index in [-0.39, 0.29) is 0 Å². The van der Waals surface area contributed by atoms with Crippen LogP contribution in [0.4, 0.5) is 0 Å². The Balaban J connectivity index is 2.95. The Labute approximate surface area is 170 Å². The van der Waals surface area contributed by atoms with Crippen LogP contribution in [0.3, 0.4) is 0 Å². The van der Waals surface area contributed by atoms with E-state index in [0.717, 1.165) is 19.6 Å². The lowest BCUT2D eigenvalue weighted by Crippen LogP contribution is -2.10. The molecule has 0 saturated heterocycles. The van der Waals surface area contributed by atoms with Crippen LogP contribution in [0.2, 0.25) is 0 Å². The third-order valence-electron chi connectivity index (χ3n) is 5.03. The lowest BCUT2D eigenvalue weighted by molar-refractivity contribution is 0.0134. The summed E-state index contributed by atoms with van der Waals surface area (Å²) in [5, 5.41) is 0. The Hall–Kier alpha value is -0.120. The molecule has 0 aromatic heterocycles. The predicted molar refractivity (Wildman–Crippen MR) is 118 cm³/mol. The molecule has 0 aliphatic heterocycles. The highest BCUT2D eigenvalue weighted by Gasteiger charge is 1.95. The molecule has 0 spiro atoms. The second kappa shape index (κ2) is 25.9. The number of rotatable bonds is 24. The summed E-state index contributed by atoms with van der Waals surface area (Å²) in [6.07, 6.45) is 21.9. The zero-order chi connectivity index (χ0) is 19.7. The average molecular weight is 387 g/mol. The van der Waals surface area contributed by atoms with E-state index in [1.54, 1.807) is 0 Å². The van der Waals surface area contributed by atoms with Gasteiger partial charge in [0.1, 0.15) is 0 Å². The van der Waals surface area contributed by atoms with Gasteiger partial charge >= 0.3 is 0 Å². The highest BCUT2D eigenvalue weighted by atomic mass is 16.5. The van der Waals surface area contributed by atoms with Crippen LogP contribution < -0.4 is 0 Å². The third-order valence-corrected chi connectivity index (χ3v) is 5.03. The van der Waals surface area contributed by atoms with Crippen LogP contribution >= 0.6 is 0 Å². The van der Waals surface area contributed by atoms with Crippen molar-refractivity contribution in [3.8, 4) is 0 Å². The lowest BCUT2D eigenvalue weighted by atomic mass is 10.0. The Bertz CT molecular complexity index is 222. The van der Waals surface area contributed by atoms with Crippen LogP contribution in [0.15, 0.2) is 0 Å². The van der Waals surface area contributed by atoms with Crippen molar-refractivity contribution in [1.82, 2.24) is 0 Å². The smallest absolute Gasteiger partial charge is 0.0701 e. The largest absolute Gasteiger partial charge is 0.379 e. The molecule has 0 aliphatic carbocycles. The highest BCUT2D eigenvalue weighted by Crippen LogP contribution is 2.12. The van der Waals surface area contributed by atoms with E-state index in [2.05, 4.69) is 13.8 Å². The number of hydrogen-bond donors (Lipinski definition) is 0. The maximum atomic E-state index is 5.62. The van der Waals surface area contributed by atoms with Crippen molar-refractivity contribution in [1.29, 1.82) is 0 Å². The summed E-state index contributed by atoms with van der Waals surface area (Å²) >= 11 is 0. The molecule has 3 heteroatoms. The molecule has 0 saturated carbocycles. The van der Waals surface area contributed by atoms with Crippen molar-refractivity contribution >= 4 is 0 Å². The summed E-state index contributed by atoms with van der Waals surface area (Å²) in [7, 11) is 0. The first-order chi connectivity index (χ1) is 13.4. The molecule has 0 bridgehead atoms. The monoisotopic (exact) mass is 386 g/mol. The molecule has 0 radical (unpaired) electrons. The molecular weight excluding hydrogens is 336 g/mol. The van der Waals surface area contributed by atoms with Gasteiger partial charge in [-0.2, -0.15) is 0 Å². The van der Waals surface area contributed by atoms with Gasteiger partial charge in [-0.3, -0.25) is 0 Å². The Kier molecular flexibility index (Phi) is 25.8. The summed E-state index contributed by atoms with van der Waals surface area (Å²) in [6, 6.07) is 0. The molecule has 0 fully saturated rings. The quantitative estimate of drug-likeness (QED) is 0.163. The van der Waals surface area contributed by atoms with Crippen molar-refractivity contribution in [2.75, 3.05) is 39.6 Å². The number of hydrogen-bond acceptors (Lipinski definition) is 3. The summed E-state index contributed by atoms with van der Waals surface area (Å²) in [5.41, 5.74) is 0. The predicted octanol–water partition coefficient (Wildman–Crippen LogP) is 7.32. The van der Waals surface area contributed by atoms with Crippen LogP contribution in [-0.2, 0) is 14.2 Å². The Morgan fingerprint density at radius 1 is 0.296 bits per heavy atom. The van der Waals surface area contributed by atoms with Crippen molar-refractivity contribution in [3.63, 3.8) is 0 Å². The fourth-order valence-electron chi connectivity index (χ4n) is 3.19. The third kappa shape index (κ3) is 25.9. The van der Waals surface area contributed by atoms with Gasteiger partial charge in [0.15, 0.2) is 0 Å². The number of ether oxygens (including phenoxy) is 3. The van der Waals surface area contributed by atoms with Gasteiger partial charge in [-0.1, -0.05) is 104 Å². The molecular formula is C24H50O3. The van der Waals surface area contributed by atoms with E-state index in [1.807, 2.05) is 0 Å². The van der Waals surface area contributed by atoms with Gasteiger partial charge in [-0.15, -0.1) is 0 Å². The summed E-state index contributed by atoms with van der Waals surface area (Å²) in [5.74, 6) is 0. The molecule has 0 amide bonds. The average Bonchev–Trinajstić information content (AvgIpc) is 2.68. The molecule has 3 nitrogen and oxygen atoms in total. The minimum atomic E-state index is 0.686. The van der Waals surface area contributed by atoms with Gasteiger partial charge in [0.25, 0.3) is 0 Å². The Morgan fingerprint density at radius 3 is 1.00 bits per heavy atom. The first kappa shape index (κ1) is 26.9. The highest BCUT2D eigenvalue weighted by molar-refractivity contribution is 4.49. The van der Waals surface area contributed by atoms with Crippen molar-refractivity contribution in [3.05, 3.63) is 0 Å². The normalized spacial score (nSPS) is 11.3. The molecule has 164 valence electrons. The summed E-state index contributed by atoms with van der Waals surface area (Å²) in [4.78, 5) is 0. The molecule has 0 unspecified atom stereocenters. The zero-order valence-electron chi connectivity index (χ0n) is 18.8. The van der Waals surface area contributed by atoms with E-state index >= 15 is 0 Å². The van der Waals surface area contributed by atoms with Gasteiger partial charge in [0.2, 0.25) is 0 Å². The van der Waals surface area contributed by atoms with Gasteiger partial charge in [-0.25, -0.2) is 0 Å². The van der Waals surface area contributed by atoms with E-state index < -0.39 is 0 Å². The van der Waals surface area contributed by atoms with E-state index in [4.69, 9.17) is 14.2 Å². The van der Waals surface area contributed by atoms with Gasteiger partial charge < -0.3 is 14.2 Å². The second-order valence-corrected chi connectivity index (χ2v) is 7.79. The van der Waals surface area contributed by atoms with E-state index in [1.165, 1.54) is 96.3 Å². The molecule has 0 aliphatic rings. The van der Waals surface area contributed by atoms with Crippen molar-refractivity contribution < 1.29 is 14.2 Å². The van der Waals surface area contributed by atoms with Gasteiger partial charge in [0.05, 0.1) is 26.4 Å². The summed E-state index contributed by atoms with van der Waals surface area (Å²) in [6.45, 7) is 9.00. The molecule has 0 aromatic carbocycles. The fraction of sp³-hybridized carbons (Fsp3) is 1.00. The second-order valence-electron chi connectivity index (χ2n) is 7.79. The van der Waals surface area contributed by atoms with Crippen LogP contribution in [0.1, 0.15) is 117 Å². The van der Waals surface area contributed by atoms with Crippen LogP contribution in [0.25, 0.3) is 0 Å². The van der Waals surface area contributed by atoms with Gasteiger partial charge in [0, 0.05) is 13.2 Å². The molecule has 0 heterocycles. The lowest BCUT2D eigenvalue weighted by Gasteiger charge is -2.07. The molecule has 0 aromatic rings. The summed E-state index contributed by atoms with van der Waals surface area (Å²) < 4.78 is 16.6. The van der Waals surface area contributed by atoms with E-state index in [9.17, 15) is 0 Å². The maximum Gasteiger partial charge on any atom is 0.0701 e. The fourth-order valence-corrected chi connectivity index (χ4v) is 3.19. The number of unbranched alkanes of at least 4 members (excludes halogenated alkanes) is 14. The van der Waals surface area contributed by atoms with E-state index in [0.29, 0.717) is 26.4 Å². The molecule has 27 heavy (non-hydrogen) atoms. The standard InChI is InChI=1S/C24H50O3/c1-3-5-7-8-9-10-11-12-13-14-15-16-17-18-20-26-22-24-27-23-21-25-19-6-4-2/h3-24H2,1-2H3. The minimum absolute atomic E-state index is 0.686. The first-order valence-corrected chi connectivity index (χ1v) is 12.1. The SMILES string of the molecule is CCCCCCCCCCCCCCCCOCCOCCOCCCC. The van der Waals surface area contributed by atoms with Crippen LogP contribution in [0, 0.1) is 0 Å². The van der Waals surface area contributed by atoms with Crippen molar-refractivity contribution in [2.24, 2.45) is 0 Å². The zero-order valence-corrected chi connectivity index (χ0v) is 18.8. The molecule has 0 N–H and O–H groups in total. The van der Waals surface area contributed by atoms with Gasteiger partial charge in [-0.05, 0) is 12.8 Å². The molecule has 0 atom stereocenters. The molecule has 0 rings (SSSR count). The van der Waals surface area contributed by atoms with Crippen LogP contribution in [0.5, 0.6) is 0 Å². The van der Waals surface area contributed by atoms with Crippen molar-refractivity contribution in [2.45, 2.75) is 117 Å². The first-order valence-electron chi connectivity index (χ1n) is 12.1. The minimum Gasteiger partial charge on any atom is -0.379 e. The Morgan fingerprint density at radius 2 is 0.593 bits per heavy atom. The topological polar surface area (TPSA) is 27.7 Å².